The van der Waals surface area contributed by atoms with Gasteiger partial charge in [-0.05, 0) is 35.9 Å². The van der Waals surface area contributed by atoms with E-state index in [-0.39, 0.29) is 12.2 Å². The summed E-state index contributed by atoms with van der Waals surface area (Å²) in [5.41, 5.74) is 1.11. The molecule has 0 amide bonds. The van der Waals surface area contributed by atoms with Gasteiger partial charge in [0.15, 0.2) is 0 Å². The van der Waals surface area contributed by atoms with Gasteiger partial charge in [0, 0.05) is 23.1 Å². The van der Waals surface area contributed by atoms with E-state index in [4.69, 9.17) is 16.3 Å². The summed E-state index contributed by atoms with van der Waals surface area (Å²) in [4.78, 5) is 0. The molecule has 0 aliphatic carbocycles. The number of ether oxygens (including phenoxy) is 1. The summed E-state index contributed by atoms with van der Waals surface area (Å²) >= 11 is 5.89. The second kappa shape index (κ2) is 4.96. The van der Waals surface area contributed by atoms with Crippen LogP contribution in [0.3, 0.4) is 0 Å². The lowest BCUT2D eigenvalue weighted by Gasteiger charge is -2.30. The molecular formula is C15H12ClFO3. The van der Waals surface area contributed by atoms with Crippen LogP contribution in [0.15, 0.2) is 36.4 Å². The van der Waals surface area contributed by atoms with Crippen LogP contribution in [0.5, 0.6) is 11.5 Å². The largest absolute Gasteiger partial charge is 0.508 e. The topological polar surface area (TPSA) is 49.7 Å². The van der Waals surface area contributed by atoms with Crippen LogP contribution in [0, 0.1) is 5.82 Å². The first-order chi connectivity index (χ1) is 9.52. The molecule has 3 nitrogen and oxygen atoms in total. The Morgan fingerprint density at radius 3 is 2.75 bits per heavy atom. The summed E-state index contributed by atoms with van der Waals surface area (Å²) in [6, 6.07) is 8.74. The Hall–Kier alpha value is -1.78. The van der Waals surface area contributed by atoms with E-state index >= 15 is 0 Å². The number of aliphatic hydroxyl groups is 1. The van der Waals surface area contributed by atoms with Crippen LogP contribution in [0.2, 0.25) is 5.02 Å². The molecule has 104 valence electrons. The Morgan fingerprint density at radius 2 is 2.00 bits per heavy atom. The van der Waals surface area contributed by atoms with Crippen LogP contribution in [0.25, 0.3) is 0 Å². The van der Waals surface area contributed by atoms with Crippen molar-refractivity contribution in [3.63, 3.8) is 0 Å². The van der Waals surface area contributed by atoms with Crippen molar-refractivity contribution in [2.24, 2.45) is 0 Å². The highest BCUT2D eigenvalue weighted by molar-refractivity contribution is 6.30. The number of benzene rings is 2. The Bertz CT molecular complexity index is 639. The van der Waals surface area contributed by atoms with Crippen LogP contribution in [-0.2, 0) is 0 Å². The number of rotatable bonds is 1. The molecule has 0 radical (unpaired) electrons. The molecule has 2 N–H and O–H groups in total. The van der Waals surface area contributed by atoms with E-state index in [9.17, 15) is 14.6 Å². The summed E-state index contributed by atoms with van der Waals surface area (Å²) < 4.78 is 19.1. The molecule has 0 saturated carbocycles. The fourth-order valence-corrected chi connectivity index (χ4v) is 2.58. The average Bonchev–Trinajstić information content (AvgIpc) is 2.38. The number of hydrogen-bond acceptors (Lipinski definition) is 3. The van der Waals surface area contributed by atoms with E-state index in [1.807, 2.05) is 0 Å². The molecule has 2 aromatic carbocycles. The number of aliphatic hydroxyl groups excluding tert-OH is 1. The zero-order valence-corrected chi connectivity index (χ0v) is 11.1. The van der Waals surface area contributed by atoms with Crippen LogP contribution >= 0.6 is 11.6 Å². The number of aromatic hydroxyl groups is 1. The molecule has 1 aliphatic heterocycles. The van der Waals surface area contributed by atoms with Gasteiger partial charge >= 0.3 is 0 Å². The molecular weight excluding hydrogens is 283 g/mol. The van der Waals surface area contributed by atoms with Crippen molar-refractivity contribution in [1.82, 2.24) is 0 Å². The molecule has 1 heterocycles. The first-order valence-electron chi connectivity index (χ1n) is 6.16. The van der Waals surface area contributed by atoms with Gasteiger partial charge in [-0.15, -0.1) is 0 Å². The van der Waals surface area contributed by atoms with E-state index in [1.54, 1.807) is 18.2 Å². The molecule has 20 heavy (non-hydrogen) atoms. The first-order valence-corrected chi connectivity index (χ1v) is 6.54. The Morgan fingerprint density at radius 1 is 1.20 bits per heavy atom. The summed E-state index contributed by atoms with van der Waals surface area (Å²) in [6.07, 6.45) is -0.982. The summed E-state index contributed by atoms with van der Waals surface area (Å²) in [6.45, 7) is 0. The van der Waals surface area contributed by atoms with Gasteiger partial charge < -0.3 is 14.9 Å². The lowest BCUT2D eigenvalue weighted by atomic mass is 9.95. The Balaban J connectivity index is 1.96. The molecule has 1 unspecified atom stereocenters. The van der Waals surface area contributed by atoms with Gasteiger partial charge in [-0.3, -0.25) is 0 Å². The first kappa shape index (κ1) is 13.2. The number of fused-ring (bicyclic) bond motifs is 1. The maximum atomic E-state index is 13.3. The maximum absolute atomic E-state index is 13.3. The van der Waals surface area contributed by atoms with Gasteiger partial charge in [-0.25, -0.2) is 4.39 Å². The molecule has 0 aromatic heterocycles. The standard InChI is InChI=1S/C15H12ClFO3/c16-9-1-2-14-12(5-9)13(19)7-15(20-14)8-3-10(17)6-11(18)4-8/h1-6,13,15,18-19H,7H2/t13-,15?/m1/s1. The summed E-state index contributed by atoms with van der Waals surface area (Å²) in [7, 11) is 0. The zero-order valence-electron chi connectivity index (χ0n) is 10.4. The quantitative estimate of drug-likeness (QED) is 0.842. The molecule has 0 bridgehead atoms. The van der Waals surface area contributed by atoms with Gasteiger partial charge in [0.25, 0.3) is 0 Å². The van der Waals surface area contributed by atoms with Crippen LogP contribution in [0.4, 0.5) is 4.39 Å². The molecule has 0 spiro atoms. The minimum absolute atomic E-state index is 0.167. The van der Waals surface area contributed by atoms with Crippen molar-refractivity contribution in [3.8, 4) is 11.5 Å². The van der Waals surface area contributed by atoms with Crippen molar-refractivity contribution in [2.45, 2.75) is 18.6 Å². The maximum Gasteiger partial charge on any atom is 0.127 e. The minimum atomic E-state index is -0.743. The smallest absolute Gasteiger partial charge is 0.127 e. The van der Waals surface area contributed by atoms with Crippen molar-refractivity contribution >= 4 is 11.6 Å². The Kier molecular flexibility index (Phi) is 3.28. The van der Waals surface area contributed by atoms with Crippen LogP contribution in [0.1, 0.15) is 29.8 Å². The second-order valence-electron chi connectivity index (χ2n) is 4.78. The SMILES string of the molecule is Oc1cc(F)cc(C2C[C@@H](O)c3cc(Cl)ccc3O2)c1. The van der Waals surface area contributed by atoms with Crippen molar-refractivity contribution < 1.29 is 19.3 Å². The van der Waals surface area contributed by atoms with Crippen LogP contribution < -0.4 is 4.74 Å². The lowest BCUT2D eigenvalue weighted by Crippen LogP contribution is -2.19. The van der Waals surface area contributed by atoms with E-state index in [0.717, 1.165) is 6.07 Å². The van der Waals surface area contributed by atoms with Gasteiger partial charge in [-0.1, -0.05) is 11.6 Å². The molecule has 0 saturated heterocycles. The minimum Gasteiger partial charge on any atom is -0.508 e. The third-order valence-corrected chi connectivity index (χ3v) is 3.55. The third kappa shape index (κ3) is 2.44. The Labute approximate surface area is 120 Å². The number of phenolic OH excluding ortho intramolecular Hbond substituents is 1. The average molecular weight is 295 g/mol. The van der Waals surface area contributed by atoms with Gasteiger partial charge in [0.2, 0.25) is 0 Å². The highest BCUT2D eigenvalue weighted by Crippen LogP contribution is 2.42. The number of phenols is 1. The second-order valence-corrected chi connectivity index (χ2v) is 5.22. The van der Waals surface area contributed by atoms with Gasteiger partial charge in [0.05, 0.1) is 6.10 Å². The lowest BCUT2D eigenvalue weighted by molar-refractivity contribution is 0.0655. The summed E-state index contributed by atoms with van der Waals surface area (Å²) in [5, 5.41) is 20.1. The predicted octanol–water partition coefficient (Wildman–Crippen LogP) is 3.74. The van der Waals surface area contributed by atoms with Crippen molar-refractivity contribution in [2.75, 3.05) is 0 Å². The monoisotopic (exact) mass is 294 g/mol. The molecule has 1 aliphatic rings. The fourth-order valence-electron chi connectivity index (χ4n) is 2.40. The normalized spacial score (nSPS) is 21.1. The fraction of sp³-hybridized carbons (Fsp3) is 0.200. The highest BCUT2D eigenvalue weighted by Gasteiger charge is 2.28. The van der Waals surface area contributed by atoms with Gasteiger partial charge in [0.1, 0.15) is 23.4 Å². The number of halogens is 2. The molecule has 3 rings (SSSR count). The summed E-state index contributed by atoms with van der Waals surface area (Å²) in [5.74, 6) is -0.193. The van der Waals surface area contributed by atoms with E-state index < -0.39 is 18.0 Å². The highest BCUT2D eigenvalue weighted by atomic mass is 35.5. The van der Waals surface area contributed by atoms with Crippen molar-refractivity contribution in [3.05, 3.63) is 58.4 Å². The van der Waals surface area contributed by atoms with Crippen LogP contribution in [-0.4, -0.2) is 10.2 Å². The third-order valence-electron chi connectivity index (χ3n) is 3.31. The molecule has 2 aromatic rings. The van der Waals surface area contributed by atoms with Crippen molar-refractivity contribution in [1.29, 1.82) is 0 Å². The van der Waals surface area contributed by atoms with E-state index in [2.05, 4.69) is 0 Å². The molecule has 0 fully saturated rings. The van der Waals surface area contributed by atoms with E-state index in [1.165, 1.54) is 12.1 Å². The molecule has 2 atom stereocenters. The predicted molar refractivity (Wildman–Crippen MR) is 72.5 cm³/mol. The van der Waals surface area contributed by atoms with Gasteiger partial charge in [-0.2, -0.15) is 0 Å². The van der Waals surface area contributed by atoms with E-state index in [0.29, 0.717) is 21.9 Å². The molecule has 5 heteroatoms. The zero-order chi connectivity index (χ0) is 14.3. The number of hydrogen-bond donors (Lipinski definition) is 2.